The third kappa shape index (κ3) is 2.06. The van der Waals surface area contributed by atoms with E-state index in [9.17, 15) is 14.6 Å². The number of alkyl halides is 1. The first-order chi connectivity index (χ1) is 11.9. The standard InChI is InChI=1S/C21H25FO3/c1-4-21(24)18(22)10-16-15-7-5-12-9-13(23)6-8-14(12)19(15)17(25-3)11-20(16,21)2/h1,6,8-9,15-19,23-24H,5,7,10-11H2,2-3H3/t15-,16-,17-,18-,19+,20-,21-/m0/s1. The van der Waals surface area contributed by atoms with E-state index in [1.54, 1.807) is 13.2 Å². The molecular weight excluding hydrogens is 319 g/mol. The molecule has 134 valence electrons. The summed E-state index contributed by atoms with van der Waals surface area (Å²) >= 11 is 0. The SMILES string of the molecule is C#C[C@]1(O)[C@@H](F)C[C@H]2[C@@H]3CCc4cc(O)ccc4[C@H]3[C@@H](OC)C[C@@]21C. The van der Waals surface area contributed by atoms with Crippen LogP contribution in [-0.2, 0) is 11.2 Å². The topological polar surface area (TPSA) is 49.7 Å². The molecule has 0 bridgehead atoms. The number of fused-ring (bicyclic) bond motifs is 5. The van der Waals surface area contributed by atoms with Crippen molar-refractivity contribution in [3.8, 4) is 18.1 Å². The van der Waals surface area contributed by atoms with Crippen molar-refractivity contribution in [2.75, 3.05) is 7.11 Å². The molecule has 4 rings (SSSR count). The van der Waals surface area contributed by atoms with Gasteiger partial charge in [-0.05, 0) is 60.8 Å². The monoisotopic (exact) mass is 344 g/mol. The van der Waals surface area contributed by atoms with E-state index in [1.165, 1.54) is 5.56 Å². The van der Waals surface area contributed by atoms with Gasteiger partial charge < -0.3 is 14.9 Å². The lowest BCUT2D eigenvalue weighted by molar-refractivity contribution is -0.126. The lowest BCUT2D eigenvalue weighted by Gasteiger charge is -2.54. The highest BCUT2D eigenvalue weighted by Crippen LogP contribution is 2.65. The van der Waals surface area contributed by atoms with Crippen molar-refractivity contribution in [2.45, 2.75) is 56.4 Å². The van der Waals surface area contributed by atoms with Crippen molar-refractivity contribution in [3.05, 3.63) is 29.3 Å². The molecule has 0 radical (unpaired) electrons. The molecule has 4 heteroatoms. The fourth-order valence-corrected chi connectivity index (χ4v) is 6.07. The number of benzene rings is 1. The minimum atomic E-state index is -1.73. The van der Waals surface area contributed by atoms with Crippen LogP contribution in [0.15, 0.2) is 18.2 Å². The van der Waals surface area contributed by atoms with Crippen molar-refractivity contribution in [1.29, 1.82) is 0 Å². The molecule has 0 saturated heterocycles. The van der Waals surface area contributed by atoms with Crippen molar-refractivity contribution < 1.29 is 19.3 Å². The zero-order valence-corrected chi connectivity index (χ0v) is 14.7. The van der Waals surface area contributed by atoms with Gasteiger partial charge in [-0.1, -0.05) is 18.9 Å². The molecule has 0 heterocycles. The molecule has 0 amide bonds. The molecule has 3 aliphatic rings. The van der Waals surface area contributed by atoms with Gasteiger partial charge in [-0.25, -0.2) is 4.39 Å². The Morgan fingerprint density at radius 3 is 2.84 bits per heavy atom. The lowest BCUT2D eigenvalue weighted by Crippen LogP contribution is -2.56. The molecule has 0 unspecified atom stereocenters. The summed E-state index contributed by atoms with van der Waals surface area (Å²) in [5.74, 6) is 3.07. The van der Waals surface area contributed by atoms with Gasteiger partial charge in [0.15, 0.2) is 5.60 Å². The predicted molar refractivity (Wildman–Crippen MR) is 93.0 cm³/mol. The first-order valence-corrected chi connectivity index (χ1v) is 9.04. The molecule has 25 heavy (non-hydrogen) atoms. The van der Waals surface area contributed by atoms with Crippen LogP contribution in [0, 0.1) is 29.6 Å². The number of aromatic hydroxyl groups is 1. The Kier molecular flexibility index (Phi) is 3.69. The van der Waals surface area contributed by atoms with Crippen LogP contribution < -0.4 is 0 Å². The van der Waals surface area contributed by atoms with Crippen LogP contribution in [0.2, 0.25) is 0 Å². The van der Waals surface area contributed by atoms with Crippen LogP contribution >= 0.6 is 0 Å². The normalized spacial score (nSPS) is 45.2. The number of methoxy groups -OCH3 is 1. The average molecular weight is 344 g/mol. The summed E-state index contributed by atoms with van der Waals surface area (Å²) in [6.07, 6.45) is 6.66. The summed E-state index contributed by atoms with van der Waals surface area (Å²) in [5.41, 5.74) is -0.0741. The van der Waals surface area contributed by atoms with Crippen molar-refractivity contribution in [2.24, 2.45) is 17.3 Å². The minimum absolute atomic E-state index is 0.0295. The first kappa shape index (κ1) is 16.9. The van der Waals surface area contributed by atoms with Crippen LogP contribution in [0.3, 0.4) is 0 Å². The fraction of sp³-hybridized carbons (Fsp3) is 0.619. The van der Waals surface area contributed by atoms with Gasteiger partial charge in [-0.3, -0.25) is 0 Å². The summed E-state index contributed by atoms with van der Waals surface area (Å²) in [7, 11) is 1.68. The highest BCUT2D eigenvalue weighted by atomic mass is 19.1. The Balaban J connectivity index is 1.81. The first-order valence-electron chi connectivity index (χ1n) is 9.04. The number of halogens is 1. The zero-order chi connectivity index (χ0) is 18.0. The van der Waals surface area contributed by atoms with Gasteiger partial charge in [-0.15, -0.1) is 6.42 Å². The van der Waals surface area contributed by atoms with E-state index >= 15 is 0 Å². The Morgan fingerprint density at radius 2 is 2.16 bits per heavy atom. The van der Waals surface area contributed by atoms with Crippen LogP contribution in [-0.4, -0.2) is 35.2 Å². The van der Waals surface area contributed by atoms with Gasteiger partial charge in [-0.2, -0.15) is 0 Å². The van der Waals surface area contributed by atoms with E-state index in [2.05, 4.69) is 5.92 Å². The van der Waals surface area contributed by atoms with E-state index in [4.69, 9.17) is 11.2 Å². The number of hydrogen-bond donors (Lipinski definition) is 2. The molecule has 2 saturated carbocycles. The number of aryl methyl sites for hydroxylation is 1. The highest BCUT2D eigenvalue weighted by molar-refractivity contribution is 5.42. The van der Waals surface area contributed by atoms with Gasteiger partial charge in [0.2, 0.25) is 0 Å². The largest absolute Gasteiger partial charge is 0.508 e. The summed E-state index contributed by atoms with van der Waals surface area (Å²) in [5, 5.41) is 20.8. The number of terminal acetylenes is 1. The fourth-order valence-electron chi connectivity index (χ4n) is 6.07. The second-order valence-electron chi connectivity index (χ2n) is 8.23. The number of phenols is 1. The Morgan fingerprint density at radius 1 is 1.40 bits per heavy atom. The van der Waals surface area contributed by atoms with Crippen molar-refractivity contribution >= 4 is 0 Å². The van der Waals surface area contributed by atoms with Crippen molar-refractivity contribution in [1.82, 2.24) is 0 Å². The molecule has 0 aromatic heterocycles. The molecule has 3 aliphatic carbocycles. The second kappa shape index (κ2) is 5.46. The zero-order valence-electron chi connectivity index (χ0n) is 14.7. The van der Waals surface area contributed by atoms with Crippen LogP contribution in [0.1, 0.15) is 43.2 Å². The van der Waals surface area contributed by atoms with E-state index in [-0.39, 0.29) is 29.6 Å². The second-order valence-corrected chi connectivity index (χ2v) is 8.23. The smallest absolute Gasteiger partial charge is 0.161 e. The molecule has 3 nitrogen and oxygen atoms in total. The van der Waals surface area contributed by atoms with Gasteiger partial charge in [0.25, 0.3) is 0 Å². The number of ether oxygens (including phenoxy) is 1. The molecule has 2 N–H and O–H groups in total. The maximum atomic E-state index is 14.8. The third-order valence-corrected chi connectivity index (χ3v) is 7.36. The van der Waals surface area contributed by atoms with Gasteiger partial charge in [0.05, 0.1) is 6.10 Å². The van der Waals surface area contributed by atoms with Gasteiger partial charge in [0.1, 0.15) is 11.9 Å². The maximum Gasteiger partial charge on any atom is 0.161 e. The number of phenolic OH excluding ortho intramolecular Hbond substituents is 1. The van der Waals surface area contributed by atoms with E-state index in [0.29, 0.717) is 12.8 Å². The molecule has 0 aliphatic heterocycles. The van der Waals surface area contributed by atoms with Crippen molar-refractivity contribution in [3.63, 3.8) is 0 Å². The van der Waals surface area contributed by atoms with Crippen LogP contribution in [0.4, 0.5) is 4.39 Å². The molecule has 2 fully saturated rings. The molecular formula is C21H25FO3. The maximum absolute atomic E-state index is 14.8. The minimum Gasteiger partial charge on any atom is -0.508 e. The van der Waals surface area contributed by atoms with Gasteiger partial charge >= 0.3 is 0 Å². The molecule has 1 aromatic rings. The quantitative estimate of drug-likeness (QED) is 0.769. The lowest BCUT2D eigenvalue weighted by atomic mass is 9.52. The summed E-state index contributed by atoms with van der Waals surface area (Å²) < 4.78 is 20.6. The Labute approximate surface area is 148 Å². The van der Waals surface area contributed by atoms with Crippen LogP contribution in [0.5, 0.6) is 5.75 Å². The summed E-state index contributed by atoms with van der Waals surface area (Å²) in [6, 6.07) is 5.52. The third-order valence-electron chi connectivity index (χ3n) is 7.36. The number of aliphatic hydroxyl groups is 1. The Hall–Kier alpha value is -1.57. The molecule has 1 aromatic carbocycles. The number of hydrogen-bond acceptors (Lipinski definition) is 3. The van der Waals surface area contributed by atoms with E-state index < -0.39 is 17.2 Å². The molecule has 0 spiro atoms. The van der Waals surface area contributed by atoms with Crippen LogP contribution in [0.25, 0.3) is 0 Å². The molecule has 7 atom stereocenters. The number of rotatable bonds is 1. The Bertz CT molecular complexity index is 741. The summed E-state index contributed by atoms with van der Waals surface area (Å²) in [4.78, 5) is 0. The van der Waals surface area contributed by atoms with Gasteiger partial charge in [0, 0.05) is 18.4 Å². The summed E-state index contributed by atoms with van der Waals surface area (Å²) in [6.45, 7) is 1.94. The highest BCUT2D eigenvalue weighted by Gasteiger charge is 2.68. The average Bonchev–Trinajstić information content (AvgIpc) is 2.81. The van der Waals surface area contributed by atoms with E-state index in [0.717, 1.165) is 18.4 Å². The predicted octanol–water partition coefficient (Wildman–Crippen LogP) is 3.19. The van der Waals surface area contributed by atoms with E-state index in [1.807, 2.05) is 19.1 Å².